The lowest BCUT2D eigenvalue weighted by Crippen LogP contribution is -2.14. The first-order valence-electron chi connectivity index (χ1n) is 6.70. The molecule has 1 amide bonds. The molecule has 2 rings (SSSR count). The van der Waals surface area contributed by atoms with Crippen LogP contribution in [0.4, 0.5) is 5.69 Å². The molecule has 3 N–H and O–H groups in total. The van der Waals surface area contributed by atoms with Crippen LogP contribution in [0.25, 0.3) is 0 Å². The molecule has 0 saturated carbocycles. The summed E-state index contributed by atoms with van der Waals surface area (Å²) in [5.41, 5.74) is 11.6. The van der Waals surface area contributed by atoms with Crippen LogP contribution < -0.4 is 11.1 Å². The summed E-state index contributed by atoms with van der Waals surface area (Å²) in [7, 11) is 0. The number of aryl methyl sites for hydroxylation is 1. The van der Waals surface area contributed by atoms with Gasteiger partial charge in [-0.2, -0.15) is 0 Å². The van der Waals surface area contributed by atoms with E-state index < -0.39 is 0 Å². The zero-order chi connectivity index (χ0) is 14.7. The van der Waals surface area contributed by atoms with Gasteiger partial charge in [0, 0.05) is 17.8 Å². The van der Waals surface area contributed by atoms with E-state index in [2.05, 4.69) is 19.2 Å². The molecule has 0 unspecified atom stereocenters. The van der Waals surface area contributed by atoms with Gasteiger partial charge in [-0.3, -0.25) is 4.79 Å². The van der Waals surface area contributed by atoms with Gasteiger partial charge < -0.3 is 11.1 Å². The van der Waals surface area contributed by atoms with Crippen LogP contribution in [0.15, 0.2) is 36.4 Å². The quantitative estimate of drug-likeness (QED) is 0.897. The molecule has 0 bridgehead atoms. The third kappa shape index (κ3) is 2.89. The van der Waals surface area contributed by atoms with E-state index in [-0.39, 0.29) is 5.91 Å². The molecule has 2 aromatic carbocycles. The highest BCUT2D eigenvalue weighted by Crippen LogP contribution is 2.22. The van der Waals surface area contributed by atoms with Gasteiger partial charge in [0.15, 0.2) is 0 Å². The van der Waals surface area contributed by atoms with Crippen LogP contribution in [0.3, 0.4) is 0 Å². The second-order valence-corrected chi connectivity index (χ2v) is 5.04. The minimum absolute atomic E-state index is 0.105. The maximum atomic E-state index is 12.3. The second kappa shape index (κ2) is 5.88. The average Bonchev–Trinajstić information content (AvgIpc) is 2.48. The third-order valence-electron chi connectivity index (χ3n) is 3.73. The van der Waals surface area contributed by atoms with Crippen molar-refractivity contribution in [2.24, 2.45) is 5.73 Å². The van der Waals surface area contributed by atoms with Gasteiger partial charge in [-0.1, -0.05) is 18.2 Å². The van der Waals surface area contributed by atoms with E-state index in [1.807, 2.05) is 37.3 Å². The molecule has 2 aromatic rings. The number of carbonyl (C=O) groups is 1. The van der Waals surface area contributed by atoms with E-state index in [4.69, 9.17) is 5.73 Å². The van der Waals surface area contributed by atoms with Gasteiger partial charge in [-0.25, -0.2) is 0 Å². The molecule has 0 fully saturated rings. The second-order valence-electron chi connectivity index (χ2n) is 5.04. The monoisotopic (exact) mass is 268 g/mol. The molecule has 0 aromatic heterocycles. The summed E-state index contributed by atoms with van der Waals surface area (Å²) >= 11 is 0. The van der Waals surface area contributed by atoms with E-state index in [0.717, 1.165) is 16.8 Å². The van der Waals surface area contributed by atoms with Crippen LogP contribution in [0, 0.1) is 20.8 Å². The summed E-state index contributed by atoms with van der Waals surface area (Å²) in [4.78, 5) is 12.3. The van der Waals surface area contributed by atoms with Crippen LogP contribution in [-0.4, -0.2) is 5.91 Å². The molecule has 3 nitrogen and oxygen atoms in total. The summed E-state index contributed by atoms with van der Waals surface area (Å²) in [6.07, 6.45) is 0. The molecular formula is C17H20N2O. The van der Waals surface area contributed by atoms with Crippen molar-refractivity contribution in [3.8, 4) is 0 Å². The van der Waals surface area contributed by atoms with Crippen molar-refractivity contribution in [1.29, 1.82) is 0 Å². The number of nitrogens with one attached hydrogen (secondary N) is 1. The smallest absolute Gasteiger partial charge is 0.255 e. The van der Waals surface area contributed by atoms with Crippen molar-refractivity contribution < 1.29 is 4.79 Å². The predicted octanol–water partition coefficient (Wildman–Crippen LogP) is 3.32. The number of benzene rings is 2. The van der Waals surface area contributed by atoms with Crippen LogP contribution in [0.5, 0.6) is 0 Å². The zero-order valence-electron chi connectivity index (χ0n) is 12.2. The molecule has 0 atom stereocenters. The lowest BCUT2D eigenvalue weighted by Gasteiger charge is -2.12. The molecular weight excluding hydrogens is 248 g/mol. The standard InChI is InChI=1S/C17H20N2O/c1-11-7-8-16(13(3)12(11)2)19-17(20)15-6-4-5-14(9-15)10-18/h4-9H,10,18H2,1-3H3,(H,19,20). The molecule has 0 aliphatic carbocycles. The zero-order valence-corrected chi connectivity index (χ0v) is 12.2. The summed E-state index contributed by atoms with van der Waals surface area (Å²) in [6, 6.07) is 11.4. The number of amides is 1. The maximum Gasteiger partial charge on any atom is 0.255 e. The molecule has 0 saturated heterocycles. The first-order valence-corrected chi connectivity index (χ1v) is 6.70. The Bertz CT molecular complexity index is 647. The fourth-order valence-corrected chi connectivity index (χ4v) is 2.13. The first-order chi connectivity index (χ1) is 9.52. The Labute approximate surface area is 119 Å². The molecule has 0 aliphatic rings. The van der Waals surface area contributed by atoms with Crippen molar-refractivity contribution in [3.05, 3.63) is 64.2 Å². The summed E-state index contributed by atoms with van der Waals surface area (Å²) in [6.45, 7) is 6.59. The van der Waals surface area contributed by atoms with Gasteiger partial charge in [0.05, 0.1) is 0 Å². The lowest BCUT2D eigenvalue weighted by molar-refractivity contribution is 0.102. The first kappa shape index (κ1) is 14.3. The number of carbonyl (C=O) groups excluding carboxylic acids is 1. The van der Waals surface area contributed by atoms with E-state index >= 15 is 0 Å². The van der Waals surface area contributed by atoms with Crippen molar-refractivity contribution in [3.63, 3.8) is 0 Å². The topological polar surface area (TPSA) is 55.1 Å². The number of anilines is 1. The summed E-state index contributed by atoms with van der Waals surface area (Å²) < 4.78 is 0. The predicted molar refractivity (Wildman–Crippen MR) is 82.9 cm³/mol. The van der Waals surface area contributed by atoms with Crippen molar-refractivity contribution in [2.75, 3.05) is 5.32 Å². The maximum absolute atomic E-state index is 12.3. The molecule has 0 spiro atoms. The Balaban J connectivity index is 2.25. The molecule has 0 aliphatic heterocycles. The highest BCUT2D eigenvalue weighted by molar-refractivity contribution is 6.04. The number of hydrogen-bond donors (Lipinski definition) is 2. The highest BCUT2D eigenvalue weighted by atomic mass is 16.1. The largest absolute Gasteiger partial charge is 0.326 e. The van der Waals surface area contributed by atoms with Gasteiger partial charge in [-0.05, 0) is 61.2 Å². The van der Waals surface area contributed by atoms with E-state index in [1.165, 1.54) is 11.1 Å². The Kier molecular flexibility index (Phi) is 4.20. The lowest BCUT2D eigenvalue weighted by atomic mass is 10.0. The van der Waals surface area contributed by atoms with Gasteiger partial charge in [0.2, 0.25) is 0 Å². The molecule has 3 heteroatoms. The molecule has 0 radical (unpaired) electrons. The van der Waals surface area contributed by atoms with Crippen molar-refractivity contribution >= 4 is 11.6 Å². The van der Waals surface area contributed by atoms with Crippen LogP contribution in [-0.2, 0) is 6.54 Å². The SMILES string of the molecule is Cc1ccc(NC(=O)c2cccc(CN)c2)c(C)c1C. The Morgan fingerprint density at radius 1 is 1.10 bits per heavy atom. The van der Waals surface area contributed by atoms with Gasteiger partial charge in [0.25, 0.3) is 5.91 Å². The van der Waals surface area contributed by atoms with E-state index in [1.54, 1.807) is 6.07 Å². The minimum atomic E-state index is -0.105. The fourth-order valence-electron chi connectivity index (χ4n) is 2.13. The van der Waals surface area contributed by atoms with Gasteiger partial charge in [-0.15, -0.1) is 0 Å². The molecule has 0 heterocycles. The Hall–Kier alpha value is -2.13. The fraction of sp³-hybridized carbons (Fsp3) is 0.235. The number of rotatable bonds is 3. The van der Waals surface area contributed by atoms with Crippen LogP contribution >= 0.6 is 0 Å². The summed E-state index contributed by atoms with van der Waals surface area (Å²) in [5, 5.41) is 2.97. The normalized spacial score (nSPS) is 10.4. The molecule has 104 valence electrons. The van der Waals surface area contributed by atoms with Crippen LogP contribution in [0.2, 0.25) is 0 Å². The average molecular weight is 268 g/mol. The summed E-state index contributed by atoms with van der Waals surface area (Å²) in [5.74, 6) is -0.105. The van der Waals surface area contributed by atoms with E-state index in [9.17, 15) is 4.79 Å². The van der Waals surface area contributed by atoms with E-state index in [0.29, 0.717) is 12.1 Å². The van der Waals surface area contributed by atoms with Crippen molar-refractivity contribution in [2.45, 2.75) is 27.3 Å². The highest BCUT2D eigenvalue weighted by Gasteiger charge is 2.09. The van der Waals surface area contributed by atoms with Crippen LogP contribution in [0.1, 0.15) is 32.6 Å². The minimum Gasteiger partial charge on any atom is -0.326 e. The number of hydrogen-bond acceptors (Lipinski definition) is 2. The van der Waals surface area contributed by atoms with Gasteiger partial charge in [0.1, 0.15) is 0 Å². The Morgan fingerprint density at radius 2 is 1.85 bits per heavy atom. The molecule has 20 heavy (non-hydrogen) atoms. The number of nitrogens with two attached hydrogens (primary N) is 1. The Morgan fingerprint density at radius 3 is 2.55 bits per heavy atom. The third-order valence-corrected chi connectivity index (χ3v) is 3.73. The van der Waals surface area contributed by atoms with Crippen molar-refractivity contribution in [1.82, 2.24) is 0 Å². The van der Waals surface area contributed by atoms with Gasteiger partial charge >= 0.3 is 0 Å².